The minimum Gasteiger partial charge on any atom is -0.507 e. The Hall–Kier alpha value is -0.190. The van der Waals surface area contributed by atoms with Crippen LogP contribution in [0.25, 0.3) is 0 Å². The lowest BCUT2D eigenvalue weighted by Crippen LogP contribution is -1.90. The van der Waals surface area contributed by atoms with Gasteiger partial charge in [-0.2, -0.15) is 0 Å². The first-order chi connectivity index (χ1) is 5.24. The second kappa shape index (κ2) is 3.99. The van der Waals surface area contributed by atoms with Gasteiger partial charge in [-0.1, -0.05) is 15.9 Å². The van der Waals surface area contributed by atoms with E-state index in [0.717, 1.165) is 9.37 Å². The summed E-state index contributed by atoms with van der Waals surface area (Å²) in [6.07, 6.45) is 0. The predicted octanol–water partition coefficient (Wildman–Crippen LogP) is 2.38. The summed E-state index contributed by atoms with van der Waals surface area (Å²) in [6.45, 7) is 0. The first-order valence-electron chi connectivity index (χ1n) is 3.06. The minimum atomic E-state index is 0.299. The van der Waals surface area contributed by atoms with Crippen molar-refractivity contribution in [3.63, 3.8) is 0 Å². The van der Waals surface area contributed by atoms with Gasteiger partial charge in [0.2, 0.25) is 0 Å². The molecule has 0 saturated heterocycles. The highest BCUT2D eigenvalue weighted by Gasteiger charge is 2.00. The van der Waals surface area contributed by atoms with E-state index in [-0.39, 0.29) is 0 Å². The van der Waals surface area contributed by atoms with Crippen LogP contribution < -0.4 is 4.72 Å². The number of phenolic OH excluding ortho intramolecular Hbond substituents is 1. The molecule has 0 spiro atoms. The van der Waals surface area contributed by atoms with Crippen LogP contribution in [0.5, 0.6) is 5.75 Å². The number of nitrogens with one attached hydrogen (secondary N) is 1. The molecule has 0 atom stereocenters. The second-order valence-corrected chi connectivity index (χ2v) is 3.89. The lowest BCUT2D eigenvalue weighted by atomic mass is 10.3. The molecular weight excluding hydrogens is 226 g/mol. The number of hydrogen-bond acceptors (Lipinski definition) is 3. The van der Waals surface area contributed by atoms with Gasteiger partial charge in [0.25, 0.3) is 0 Å². The third kappa shape index (κ3) is 2.39. The van der Waals surface area contributed by atoms with Gasteiger partial charge < -0.3 is 5.11 Å². The zero-order valence-electron chi connectivity index (χ0n) is 5.97. The zero-order valence-corrected chi connectivity index (χ0v) is 8.37. The van der Waals surface area contributed by atoms with Gasteiger partial charge >= 0.3 is 0 Å². The molecule has 11 heavy (non-hydrogen) atoms. The first-order valence-corrected chi connectivity index (χ1v) is 4.67. The Morgan fingerprint density at radius 2 is 2.27 bits per heavy atom. The molecule has 2 N–H and O–H groups in total. The predicted molar refractivity (Wildman–Crippen MR) is 50.7 cm³/mol. The van der Waals surface area contributed by atoms with Crippen molar-refractivity contribution in [2.24, 2.45) is 0 Å². The zero-order chi connectivity index (χ0) is 8.27. The van der Waals surface area contributed by atoms with Crippen LogP contribution in [0, 0.1) is 0 Å². The maximum Gasteiger partial charge on any atom is 0.130 e. The van der Waals surface area contributed by atoms with E-state index in [9.17, 15) is 5.11 Å². The molecule has 2 nitrogen and oxygen atoms in total. The van der Waals surface area contributed by atoms with E-state index in [1.54, 1.807) is 12.1 Å². The summed E-state index contributed by atoms with van der Waals surface area (Å²) in [4.78, 5) is 0.821. The van der Waals surface area contributed by atoms with Crippen LogP contribution >= 0.6 is 27.9 Å². The molecule has 0 bridgehead atoms. The third-order valence-electron chi connectivity index (χ3n) is 1.13. The molecule has 0 radical (unpaired) electrons. The van der Waals surface area contributed by atoms with Gasteiger partial charge in [-0.05, 0) is 37.2 Å². The van der Waals surface area contributed by atoms with Gasteiger partial charge in [0.05, 0.1) is 4.90 Å². The molecule has 1 aromatic carbocycles. The number of phenols is 1. The first kappa shape index (κ1) is 8.90. The van der Waals surface area contributed by atoms with E-state index in [1.807, 2.05) is 13.1 Å². The Kier molecular flexibility index (Phi) is 3.23. The fourth-order valence-corrected chi connectivity index (χ4v) is 1.77. The number of benzene rings is 1. The van der Waals surface area contributed by atoms with Crippen molar-refractivity contribution >= 4 is 27.9 Å². The van der Waals surface area contributed by atoms with Crippen molar-refractivity contribution in [1.82, 2.24) is 4.72 Å². The second-order valence-electron chi connectivity index (χ2n) is 1.92. The summed E-state index contributed by atoms with van der Waals surface area (Å²) in [7, 11) is 1.81. The highest BCUT2D eigenvalue weighted by molar-refractivity contribution is 9.10. The van der Waals surface area contributed by atoms with Gasteiger partial charge in [0.15, 0.2) is 0 Å². The van der Waals surface area contributed by atoms with E-state index in [1.165, 1.54) is 11.9 Å². The molecule has 0 aromatic heterocycles. The summed E-state index contributed by atoms with van der Waals surface area (Å²) in [5, 5.41) is 9.28. The fraction of sp³-hybridized carbons (Fsp3) is 0.143. The minimum absolute atomic E-state index is 0.299. The van der Waals surface area contributed by atoms with Gasteiger partial charge in [-0.25, -0.2) is 0 Å². The molecule has 0 amide bonds. The Balaban J connectivity index is 2.93. The Morgan fingerprint density at radius 3 is 2.91 bits per heavy atom. The molecule has 0 unspecified atom stereocenters. The molecule has 0 aliphatic carbocycles. The van der Waals surface area contributed by atoms with E-state index in [4.69, 9.17) is 0 Å². The van der Waals surface area contributed by atoms with Crippen molar-refractivity contribution in [2.75, 3.05) is 7.05 Å². The molecule has 0 aliphatic rings. The number of halogens is 1. The van der Waals surface area contributed by atoms with Crippen LogP contribution in [-0.4, -0.2) is 12.2 Å². The van der Waals surface area contributed by atoms with Crippen molar-refractivity contribution in [2.45, 2.75) is 4.90 Å². The molecule has 0 fully saturated rings. The van der Waals surface area contributed by atoms with Crippen molar-refractivity contribution in [3.8, 4) is 5.75 Å². The van der Waals surface area contributed by atoms with E-state index in [0.29, 0.717) is 5.75 Å². The maximum atomic E-state index is 9.28. The average molecular weight is 234 g/mol. The SMILES string of the molecule is CNSc1cc(Br)ccc1O. The van der Waals surface area contributed by atoms with Crippen LogP contribution in [0.4, 0.5) is 0 Å². The largest absolute Gasteiger partial charge is 0.507 e. The van der Waals surface area contributed by atoms with Crippen molar-refractivity contribution < 1.29 is 5.11 Å². The highest BCUT2D eigenvalue weighted by atomic mass is 79.9. The summed E-state index contributed by atoms with van der Waals surface area (Å²) < 4.78 is 3.85. The summed E-state index contributed by atoms with van der Waals surface area (Å²) in [6, 6.07) is 5.31. The molecular formula is C7H8BrNOS. The highest BCUT2D eigenvalue weighted by Crippen LogP contribution is 2.28. The van der Waals surface area contributed by atoms with E-state index >= 15 is 0 Å². The standard InChI is InChI=1S/C7H8BrNOS/c1-9-11-7-4-5(8)2-3-6(7)10/h2-4,9-10H,1H3. The van der Waals surface area contributed by atoms with Crippen LogP contribution in [-0.2, 0) is 0 Å². The van der Waals surface area contributed by atoms with Crippen LogP contribution in [0.2, 0.25) is 0 Å². The van der Waals surface area contributed by atoms with Crippen LogP contribution in [0.3, 0.4) is 0 Å². The molecule has 1 rings (SSSR count). The smallest absolute Gasteiger partial charge is 0.130 e. The molecule has 0 aliphatic heterocycles. The number of hydrogen-bond donors (Lipinski definition) is 2. The molecule has 4 heteroatoms. The van der Waals surface area contributed by atoms with Gasteiger partial charge in [-0.3, -0.25) is 4.72 Å². The lowest BCUT2D eigenvalue weighted by molar-refractivity contribution is 0.462. The topological polar surface area (TPSA) is 32.3 Å². The van der Waals surface area contributed by atoms with Crippen LogP contribution in [0.15, 0.2) is 27.6 Å². The number of rotatable bonds is 2. The Labute approximate surface area is 78.3 Å². The molecule has 60 valence electrons. The number of aromatic hydroxyl groups is 1. The quantitative estimate of drug-likeness (QED) is 0.770. The summed E-state index contributed by atoms with van der Waals surface area (Å²) >= 11 is 4.70. The summed E-state index contributed by atoms with van der Waals surface area (Å²) in [5.74, 6) is 0.299. The van der Waals surface area contributed by atoms with Crippen molar-refractivity contribution in [3.05, 3.63) is 22.7 Å². The third-order valence-corrected chi connectivity index (χ3v) is 2.38. The van der Waals surface area contributed by atoms with Crippen molar-refractivity contribution in [1.29, 1.82) is 0 Å². The Bertz CT molecular complexity index is 254. The monoisotopic (exact) mass is 233 g/mol. The molecule has 0 heterocycles. The molecule has 1 aromatic rings. The summed E-state index contributed by atoms with van der Waals surface area (Å²) in [5.41, 5.74) is 0. The fourth-order valence-electron chi connectivity index (χ4n) is 0.680. The lowest BCUT2D eigenvalue weighted by Gasteiger charge is -2.01. The van der Waals surface area contributed by atoms with Gasteiger partial charge in [-0.15, -0.1) is 0 Å². The van der Waals surface area contributed by atoms with Gasteiger partial charge in [0, 0.05) is 4.47 Å². The van der Waals surface area contributed by atoms with Crippen LogP contribution in [0.1, 0.15) is 0 Å². The van der Waals surface area contributed by atoms with Gasteiger partial charge in [0.1, 0.15) is 5.75 Å². The van der Waals surface area contributed by atoms with E-state index in [2.05, 4.69) is 20.7 Å². The van der Waals surface area contributed by atoms with E-state index < -0.39 is 0 Å². The average Bonchev–Trinajstić information content (AvgIpc) is 1.98. The Morgan fingerprint density at radius 1 is 1.55 bits per heavy atom. The molecule has 0 saturated carbocycles. The normalized spacial score (nSPS) is 10.0. The maximum absolute atomic E-state index is 9.28.